The number of ether oxygens (including phenoxy) is 1. The van der Waals surface area contributed by atoms with Gasteiger partial charge in [0.05, 0.1) is 18.8 Å². The van der Waals surface area contributed by atoms with Gasteiger partial charge in [0.1, 0.15) is 11.6 Å². The normalized spacial score (nSPS) is 15.4. The number of carbonyl (C=O) groups is 1. The van der Waals surface area contributed by atoms with Gasteiger partial charge in [0.15, 0.2) is 0 Å². The van der Waals surface area contributed by atoms with Gasteiger partial charge in [-0.15, -0.1) is 0 Å². The summed E-state index contributed by atoms with van der Waals surface area (Å²) in [6.07, 6.45) is 7.50. The zero-order chi connectivity index (χ0) is 16.9. The Balaban J connectivity index is 1.67. The SMILES string of the molecule is CCOc1ccccc1/C=C/C(=O)Nc1ccnn1C(C)C1CC1. The number of nitrogens with zero attached hydrogens (tertiary/aromatic N) is 2. The van der Waals surface area contributed by atoms with Gasteiger partial charge in [-0.25, -0.2) is 4.68 Å². The van der Waals surface area contributed by atoms with Crippen LogP contribution in [0.25, 0.3) is 6.08 Å². The van der Waals surface area contributed by atoms with Crippen molar-refractivity contribution in [3.63, 3.8) is 0 Å². The zero-order valence-corrected chi connectivity index (χ0v) is 14.1. The smallest absolute Gasteiger partial charge is 0.249 e. The van der Waals surface area contributed by atoms with E-state index in [0.29, 0.717) is 18.6 Å². The molecule has 24 heavy (non-hydrogen) atoms. The molecule has 5 heteroatoms. The molecule has 1 N–H and O–H groups in total. The molecule has 1 atom stereocenters. The lowest BCUT2D eigenvalue weighted by atomic mass is 10.2. The first-order valence-electron chi connectivity index (χ1n) is 8.43. The molecule has 2 aromatic rings. The third kappa shape index (κ3) is 3.85. The molecule has 1 saturated carbocycles. The molecule has 1 aliphatic rings. The molecule has 126 valence electrons. The second kappa shape index (κ2) is 7.34. The third-order valence-corrected chi connectivity index (χ3v) is 4.24. The van der Waals surface area contributed by atoms with Crippen molar-refractivity contribution in [1.82, 2.24) is 9.78 Å². The van der Waals surface area contributed by atoms with E-state index in [1.54, 1.807) is 12.3 Å². The lowest BCUT2D eigenvalue weighted by Crippen LogP contribution is -2.16. The molecule has 1 unspecified atom stereocenters. The molecule has 1 aromatic carbocycles. The van der Waals surface area contributed by atoms with Crippen LogP contribution < -0.4 is 10.1 Å². The Labute approximate surface area is 142 Å². The van der Waals surface area contributed by atoms with Gasteiger partial charge in [0.2, 0.25) is 5.91 Å². The molecule has 5 nitrogen and oxygen atoms in total. The Morgan fingerprint density at radius 3 is 2.96 bits per heavy atom. The number of amides is 1. The Kier molecular flexibility index (Phi) is 4.99. The maximum Gasteiger partial charge on any atom is 0.249 e. The number of hydrogen-bond donors (Lipinski definition) is 1. The average Bonchev–Trinajstić information content (AvgIpc) is 3.34. The van der Waals surface area contributed by atoms with Gasteiger partial charge < -0.3 is 10.1 Å². The standard InChI is InChI=1S/C19H23N3O2/c1-3-24-17-7-5-4-6-16(17)10-11-19(23)21-18-12-13-20-22(18)14(2)15-8-9-15/h4-7,10-15H,3,8-9H2,1-2H3,(H,21,23)/b11-10+. The number of benzene rings is 1. The summed E-state index contributed by atoms with van der Waals surface area (Å²) in [6.45, 7) is 4.68. The summed E-state index contributed by atoms with van der Waals surface area (Å²) in [4.78, 5) is 12.2. The van der Waals surface area contributed by atoms with E-state index >= 15 is 0 Å². The molecule has 0 aliphatic heterocycles. The van der Waals surface area contributed by atoms with Gasteiger partial charge in [0, 0.05) is 17.7 Å². The molecular formula is C19H23N3O2. The van der Waals surface area contributed by atoms with E-state index in [2.05, 4.69) is 17.3 Å². The van der Waals surface area contributed by atoms with E-state index in [0.717, 1.165) is 17.1 Å². The molecule has 1 amide bonds. The third-order valence-electron chi connectivity index (χ3n) is 4.24. The Bertz CT molecular complexity index is 732. The molecule has 0 bridgehead atoms. The molecular weight excluding hydrogens is 302 g/mol. The highest BCUT2D eigenvalue weighted by molar-refractivity contribution is 6.01. The van der Waals surface area contributed by atoms with Gasteiger partial charge in [-0.1, -0.05) is 18.2 Å². The van der Waals surface area contributed by atoms with Crippen LogP contribution in [0.15, 0.2) is 42.6 Å². The van der Waals surface area contributed by atoms with Crippen LogP contribution in [-0.4, -0.2) is 22.3 Å². The quantitative estimate of drug-likeness (QED) is 0.785. The summed E-state index contributed by atoms with van der Waals surface area (Å²) in [5, 5.41) is 7.25. The number of anilines is 1. The van der Waals surface area contributed by atoms with Crippen molar-refractivity contribution in [2.24, 2.45) is 5.92 Å². The largest absolute Gasteiger partial charge is 0.493 e. The number of aromatic nitrogens is 2. The lowest BCUT2D eigenvalue weighted by Gasteiger charge is -2.14. The highest BCUT2D eigenvalue weighted by atomic mass is 16.5. The van der Waals surface area contributed by atoms with Crippen molar-refractivity contribution >= 4 is 17.8 Å². The Hall–Kier alpha value is -2.56. The summed E-state index contributed by atoms with van der Waals surface area (Å²) in [6, 6.07) is 9.81. The van der Waals surface area contributed by atoms with Crippen LogP contribution in [0, 0.1) is 5.92 Å². The molecule has 1 aromatic heterocycles. The fourth-order valence-corrected chi connectivity index (χ4v) is 2.75. The highest BCUT2D eigenvalue weighted by Gasteiger charge is 2.30. The minimum Gasteiger partial charge on any atom is -0.493 e. The van der Waals surface area contributed by atoms with Crippen LogP contribution in [0.1, 0.15) is 38.3 Å². The van der Waals surface area contributed by atoms with Crippen molar-refractivity contribution < 1.29 is 9.53 Å². The van der Waals surface area contributed by atoms with Crippen LogP contribution in [0.4, 0.5) is 5.82 Å². The lowest BCUT2D eigenvalue weighted by molar-refractivity contribution is -0.111. The molecule has 1 heterocycles. The van der Waals surface area contributed by atoms with Crippen LogP contribution >= 0.6 is 0 Å². The van der Waals surface area contributed by atoms with Crippen LogP contribution in [0.5, 0.6) is 5.75 Å². The fraction of sp³-hybridized carbons (Fsp3) is 0.368. The van der Waals surface area contributed by atoms with Crippen molar-refractivity contribution in [3.05, 3.63) is 48.2 Å². The van der Waals surface area contributed by atoms with Crippen molar-refractivity contribution in [2.75, 3.05) is 11.9 Å². The molecule has 3 rings (SSSR count). The maximum atomic E-state index is 12.2. The number of carbonyl (C=O) groups excluding carboxylic acids is 1. The monoisotopic (exact) mass is 325 g/mol. The number of nitrogens with one attached hydrogen (secondary N) is 1. The van der Waals surface area contributed by atoms with Gasteiger partial charge in [0.25, 0.3) is 0 Å². The summed E-state index contributed by atoms with van der Waals surface area (Å²) in [7, 11) is 0. The van der Waals surface area contributed by atoms with Crippen molar-refractivity contribution in [3.8, 4) is 5.75 Å². The first kappa shape index (κ1) is 16.3. The number of hydrogen-bond acceptors (Lipinski definition) is 3. The number of para-hydroxylation sites is 1. The predicted octanol–water partition coefficient (Wildman–Crippen LogP) is 3.90. The van der Waals surface area contributed by atoms with Gasteiger partial charge >= 0.3 is 0 Å². The van der Waals surface area contributed by atoms with E-state index in [1.165, 1.54) is 18.9 Å². The van der Waals surface area contributed by atoms with Crippen LogP contribution in [0.3, 0.4) is 0 Å². The summed E-state index contributed by atoms with van der Waals surface area (Å²) >= 11 is 0. The van der Waals surface area contributed by atoms with Crippen LogP contribution in [-0.2, 0) is 4.79 Å². The average molecular weight is 325 g/mol. The molecule has 0 saturated heterocycles. The van der Waals surface area contributed by atoms with Crippen molar-refractivity contribution in [1.29, 1.82) is 0 Å². The minimum absolute atomic E-state index is 0.175. The van der Waals surface area contributed by atoms with Gasteiger partial charge in [-0.2, -0.15) is 5.10 Å². The van der Waals surface area contributed by atoms with Crippen LogP contribution in [0.2, 0.25) is 0 Å². The summed E-state index contributed by atoms with van der Waals surface area (Å²) < 4.78 is 7.46. The first-order chi connectivity index (χ1) is 11.7. The number of rotatable bonds is 7. The second-order valence-corrected chi connectivity index (χ2v) is 6.03. The zero-order valence-electron chi connectivity index (χ0n) is 14.1. The Morgan fingerprint density at radius 2 is 2.21 bits per heavy atom. The van der Waals surface area contributed by atoms with E-state index in [1.807, 2.05) is 41.9 Å². The molecule has 1 fully saturated rings. The maximum absolute atomic E-state index is 12.2. The summed E-state index contributed by atoms with van der Waals surface area (Å²) in [5.74, 6) is 2.01. The highest BCUT2D eigenvalue weighted by Crippen LogP contribution is 2.40. The molecule has 1 aliphatic carbocycles. The predicted molar refractivity (Wildman–Crippen MR) is 94.9 cm³/mol. The van der Waals surface area contributed by atoms with Crippen molar-refractivity contribution in [2.45, 2.75) is 32.7 Å². The molecule has 0 radical (unpaired) electrons. The first-order valence-corrected chi connectivity index (χ1v) is 8.43. The Morgan fingerprint density at radius 1 is 1.42 bits per heavy atom. The van der Waals surface area contributed by atoms with E-state index in [-0.39, 0.29) is 5.91 Å². The minimum atomic E-state index is -0.175. The van der Waals surface area contributed by atoms with E-state index < -0.39 is 0 Å². The van der Waals surface area contributed by atoms with Gasteiger partial charge in [-0.3, -0.25) is 4.79 Å². The summed E-state index contributed by atoms with van der Waals surface area (Å²) in [5.41, 5.74) is 0.884. The van der Waals surface area contributed by atoms with Gasteiger partial charge in [-0.05, 0) is 44.7 Å². The van der Waals surface area contributed by atoms with E-state index in [4.69, 9.17) is 4.74 Å². The molecule has 0 spiro atoms. The topological polar surface area (TPSA) is 56.1 Å². The second-order valence-electron chi connectivity index (χ2n) is 6.03. The van der Waals surface area contributed by atoms with E-state index in [9.17, 15) is 4.79 Å². The fourth-order valence-electron chi connectivity index (χ4n) is 2.75.